The van der Waals surface area contributed by atoms with E-state index in [0.29, 0.717) is 11.8 Å². The van der Waals surface area contributed by atoms with Gasteiger partial charge in [-0.3, -0.25) is 0 Å². The third kappa shape index (κ3) is 0.767. The standard InChI is InChI=1S/C9H14O3/c10-8-4-7-3-6(8)5-9(7)11-1-2-12-9/h6-8,10H,1-5H2/t6-,7-,8-/m0/s1. The monoisotopic (exact) mass is 170 g/mol. The molecule has 3 nitrogen and oxygen atoms in total. The molecule has 2 saturated carbocycles. The predicted molar refractivity (Wildman–Crippen MR) is 41.5 cm³/mol. The summed E-state index contributed by atoms with van der Waals surface area (Å²) in [7, 11) is 0. The fraction of sp³-hybridized carbons (Fsp3) is 1.00. The van der Waals surface area contributed by atoms with Gasteiger partial charge in [0.25, 0.3) is 0 Å². The highest BCUT2D eigenvalue weighted by Crippen LogP contribution is 2.54. The minimum atomic E-state index is -0.274. The molecule has 2 aliphatic carbocycles. The maximum atomic E-state index is 9.55. The van der Waals surface area contributed by atoms with Gasteiger partial charge in [-0.05, 0) is 18.8 Å². The van der Waals surface area contributed by atoms with Crippen LogP contribution in [0, 0.1) is 11.8 Å². The SMILES string of the molecule is O[C@H]1C[C@@H]2C[C@H]1CC21OCCO1. The maximum absolute atomic E-state index is 9.55. The molecule has 1 heterocycles. The highest BCUT2D eigenvalue weighted by atomic mass is 16.7. The molecule has 0 amide bonds. The molecule has 1 N–H and O–H groups in total. The number of fused-ring (bicyclic) bond motifs is 3. The van der Waals surface area contributed by atoms with Crippen molar-refractivity contribution in [1.29, 1.82) is 0 Å². The molecule has 1 aliphatic heterocycles. The minimum absolute atomic E-state index is 0.0894. The maximum Gasteiger partial charge on any atom is 0.171 e. The van der Waals surface area contributed by atoms with Crippen molar-refractivity contribution in [2.24, 2.45) is 11.8 Å². The van der Waals surface area contributed by atoms with Gasteiger partial charge in [0.15, 0.2) is 5.79 Å². The third-order valence-corrected chi connectivity index (χ3v) is 3.60. The van der Waals surface area contributed by atoms with Crippen LogP contribution in [0.1, 0.15) is 19.3 Å². The van der Waals surface area contributed by atoms with Gasteiger partial charge < -0.3 is 14.6 Å². The summed E-state index contributed by atoms with van der Waals surface area (Å²) in [4.78, 5) is 0. The lowest BCUT2D eigenvalue weighted by Crippen LogP contribution is -2.39. The summed E-state index contributed by atoms with van der Waals surface area (Å²) < 4.78 is 11.3. The molecule has 1 saturated heterocycles. The molecule has 2 bridgehead atoms. The Labute approximate surface area is 71.7 Å². The van der Waals surface area contributed by atoms with E-state index in [2.05, 4.69) is 0 Å². The Kier molecular flexibility index (Phi) is 1.35. The van der Waals surface area contributed by atoms with Crippen LogP contribution < -0.4 is 0 Å². The quantitative estimate of drug-likeness (QED) is 0.576. The molecular formula is C9H14O3. The second kappa shape index (κ2) is 2.22. The van der Waals surface area contributed by atoms with Crippen molar-refractivity contribution < 1.29 is 14.6 Å². The second-order valence-electron chi connectivity index (χ2n) is 4.21. The Morgan fingerprint density at radius 3 is 2.42 bits per heavy atom. The van der Waals surface area contributed by atoms with Crippen LogP contribution in [0.5, 0.6) is 0 Å². The van der Waals surface area contributed by atoms with Gasteiger partial charge in [0.05, 0.1) is 19.3 Å². The van der Waals surface area contributed by atoms with Gasteiger partial charge in [-0.2, -0.15) is 0 Å². The van der Waals surface area contributed by atoms with E-state index in [9.17, 15) is 5.11 Å². The summed E-state index contributed by atoms with van der Waals surface area (Å²) >= 11 is 0. The van der Waals surface area contributed by atoms with Crippen LogP contribution in [0.3, 0.4) is 0 Å². The van der Waals surface area contributed by atoms with Crippen LogP contribution in [0.25, 0.3) is 0 Å². The number of aliphatic hydroxyl groups excluding tert-OH is 1. The van der Waals surface area contributed by atoms with Gasteiger partial charge in [0.2, 0.25) is 0 Å². The fourth-order valence-corrected chi connectivity index (χ4v) is 3.04. The Hall–Kier alpha value is -0.120. The number of hydrogen-bond acceptors (Lipinski definition) is 3. The van der Waals surface area contributed by atoms with Crippen molar-refractivity contribution in [3.63, 3.8) is 0 Å². The molecule has 3 aliphatic rings. The van der Waals surface area contributed by atoms with Crippen LogP contribution in [0.4, 0.5) is 0 Å². The van der Waals surface area contributed by atoms with E-state index in [1.54, 1.807) is 0 Å². The lowest BCUT2D eigenvalue weighted by atomic mass is 9.92. The largest absolute Gasteiger partial charge is 0.393 e. The minimum Gasteiger partial charge on any atom is -0.393 e. The first kappa shape index (κ1) is 7.30. The van der Waals surface area contributed by atoms with Crippen molar-refractivity contribution >= 4 is 0 Å². The Morgan fingerprint density at radius 2 is 1.92 bits per heavy atom. The van der Waals surface area contributed by atoms with Crippen LogP contribution in [-0.2, 0) is 9.47 Å². The van der Waals surface area contributed by atoms with E-state index >= 15 is 0 Å². The van der Waals surface area contributed by atoms with Crippen molar-refractivity contribution in [3.05, 3.63) is 0 Å². The lowest BCUT2D eigenvalue weighted by molar-refractivity contribution is -0.199. The van der Waals surface area contributed by atoms with Gasteiger partial charge in [-0.15, -0.1) is 0 Å². The first-order chi connectivity index (χ1) is 5.80. The summed E-state index contributed by atoms with van der Waals surface area (Å²) in [6.07, 6.45) is 2.80. The highest BCUT2D eigenvalue weighted by molar-refractivity contribution is 5.02. The van der Waals surface area contributed by atoms with E-state index in [1.165, 1.54) is 0 Å². The van der Waals surface area contributed by atoms with Gasteiger partial charge in [0, 0.05) is 12.3 Å². The van der Waals surface area contributed by atoms with E-state index in [4.69, 9.17) is 9.47 Å². The summed E-state index contributed by atoms with van der Waals surface area (Å²) in [6.45, 7) is 1.47. The highest BCUT2D eigenvalue weighted by Gasteiger charge is 2.58. The number of aliphatic hydroxyl groups is 1. The molecule has 0 aromatic carbocycles. The zero-order valence-corrected chi connectivity index (χ0v) is 7.03. The number of ether oxygens (including phenoxy) is 2. The summed E-state index contributed by atoms with van der Waals surface area (Å²) in [5, 5.41) is 9.55. The average molecular weight is 170 g/mol. The lowest BCUT2D eigenvalue weighted by Gasteiger charge is -2.33. The van der Waals surface area contributed by atoms with E-state index in [1.807, 2.05) is 0 Å². The number of hydrogen-bond donors (Lipinski definition) is 1. The molecule has 0 aromatic heterocycles. The van der Waals surface area contributed by atoms with E-state index in [-0.39, 0.29) is 11.9 Å². The van der Waals surface area contributed by atoms with Gasteiger partial charge in [0.1, 0.15) is 0 Å². The zero-order chi connectivity index (χ0) is 8.18. The molecule has 3 atom stereocenters. The zero-order valence-electron chi connectivity index (χ0n) is 7.03. The Bertz CT molecular complexity index is 196. The topological polar surface area (TPSA) is 38.7 Å². The molecular weight excluding hydrogens is 156 g/mol. The normalized spacial score (nSPS) is 49.2. The average Bonchev–Trinajstić information content (AvgIpc) is 2.68. The molecule has 68 valence electrons. The fourth-order valence-electron chi connectivity index (χ4n) is 3.04. The summed E-state index contributed by atoms with van der Waals surface area (Å²) in [5.74, 6) is 0.622. The van der Waals surface area contributed by atoms with Crippen molar-refractivity contribution in [1.82, 2.24) is 0 Å². The first-order valence-corrected chi connectivity index (χ1v) is 4.76. The van der Waals surface area contributed by atoms with Crippen molar-refractivity contribution in [2.45, 2.75) is 31.2 Å². The molecule has 0 radical (unpaired) electrons. The summed E-state index contributed by atoms with van der Waals surface area (Å²) in [6, 6.07) is 0. The van der Waals surface area contributed by atoms with E-state index < -0.39 is 0 Å². The molecule has 3 heteroatoms. The molecule has 3 rings (SSSR count). The second-order valence-corrected chi connectivity index (χ2v) is 4.21. The van der Waals surface area contributed by atoms with Crippen LogP contribution >= 0.6 is 0 Å². The molecule has 0 aromatic rings. The van der Waals surface area contributed by atoms with Crippen LogP contribution in [-0.4, -0.2) is 30.2 Å². The molecule has 3 fully saturated rings. The van der Waals surface area contributed by atoms with Crippen molar-refractivity contribution in [2.75, 3.05) is 13.2 Å². The van der Waals surface area contributed by atoms with Crippen molar-refractivity contribution in [3.8, 4) is 0 Å². The molecule has 1 spiro atoms. The smallest absolute Gasteiger partial charge is 0.171 e. The van der Waals surface area contributed by atoms with Crippen LogP contribution in [0.15, 0.2) is 0 Å². The van der Waals surface area contributed by atoms with Gasteiger partial charge in [-0.1, -0.05) is 0 Å². The molecule has 0 unspecified atom stereocenters. The third-order valence-electron chi connectivity index (χ3n) is 3.60. The molecule has 12 heavy (non-hydrogen) atoms. The predicted octanol–water partition coefficient (Wildman–Crippen LogP) is 0.520. The van der Waals surface area contributed by atoms with Crippen LogP contribution in [0.2, 0.25) is 0 Å². The van der Waals surface area contributed by atoms with Gasteiger partial charge >= 0.3 is 0 Å². The summed E-state index contributed by atoms with van der Waals surface area (Å²) in [5.41, 5.74) is 0. The van der Waals surface area contributed by atoms with E-state index in [0.717, 1.165) is 32.5 Å². The Morgan fingerprint density at radius 1 is 1.17 bits per heavy atom. The Balaban J connectivity index is 1.85. The van der Waals surface area contributed by atoms with Gasteiger partial charge in [-0.25, -0.2) is 0 Å². The first-order valence-electron chi connectivity index (χ1n) is 4.76. The number of rotatable bonds is 0.